The molecule has 1 aliphatic rings. The number of anilines is 2. The molecule has 86 valence electrons. The van der Waals surface area contributed by atoms with Crippen LogP contribution in [-0.4, -0.2) is 29.1 Å². The molecule has 3 heterocycles. The third kappa shape index (κ3) is 1.99. The van der Waals surface area contributed by atoms with Crippen LogP contribution in [-0.2, 0) is 0 Å². The van der Waals surface area contributed by atoms with Crippen LogP contribution in [0.15, 0.2) is 48.8 Å². The van der Waals surface area contributed by atoms with Crippen LogP contribution in [0.3, 0.4) is 0 Å². The minimum absolute atomic E-state index is 0.444. The van der Waals surface area contributed by atoms with Gasteiger partial charge in [-0.25, -0.2) is 9.97 Å². The molecule has 17 heavy (non-hydrogen) atoms. The smallest absolute Gasteiger partial charge is 0.134 e. The van der Waals surface area contributed by atoms with Crippen molar-refractivity contribution in [2.24, 2.45) is 0 Å². The summed E-state index contributed by atoms with van der Waals surface area (Å²) in [5, 5.41) is 3.28. The van der Waals surface area contributed by atoms with Gasteiger partial charge in [-0.15, -0.1) is 0 Å². The molecule has 1 fully saturated rings. The Labute approximate surface area is 100 Å². The zero-order chi connectivity index (χ0) is 11.5. The summed E-state index contributed by atoms with van der Waals surface area (Å²) in [4.78, 5) is 11.0. The first-order chi connectivity index (χ1) is 8.45. The average molecular weight is 226 g/mol. The van der Waals surface area contributed by atoms with E-state index in [4.69, 9.17) is 0 Å². The van der Waals surface area contributed by atoms with E-state index in [9.17, 15) is 0 Å². The monoisotopic (exact) mass is 226 g/mol. The van der Waals surface area contributed by atoms with Crippen molar-refractivity contribution in [3.8, 4) is 0 Å². The topological polar surface area (TPSA) is 41.1 Å². The van der Waals surface area contributed by atoms with Crippen LogP contribution in [0.25, 0.3) is 0 Å². The van der Waals surface area contributed by atoms with E-state index in [0.29, 0.717) is 6.04 Å². The number of pyridine rings is 2. The Morgan fingerprint density at radius 2 is 1.53 bits per heavy atom. The largest absolute Gasteiger partial charge is 0.313 e. The Morgan fingerprint density at radius 1 is 0.941 bits per heavy atom. The number of nitrogens with zero attached hydrogens (tertiary/aromatic N) is 3. The van der Waals surface area contributed by atoms with Crippen LogP contribution < -0.4 is 10.2 Å². The molecule has 1 aliphatic heterocycles. The van der Waals surface area contributed by atoms with E-state index in [1.165, 1.54) is 0 Å². The fraction of sp³-hybridized carbons (Fsp3) is 0.231. The van der Waals surface area contributed by atoms with Gasteiger partial charge in [0.05, 0.1) is 6.04 Å². The van der Waals surface area contributed by atoms with Crippen molar-refractivity contribution in [1.29, 1.82) is 0 Å². The van der Waals surface area contributed by atoms with Crippen LogP contribution in [0.4, 0.5) is 11.6 Å². The Morgan fingerprint density at radius 3 is 1.88 bits per heavy atom. The van der Waals surface area contributed by atoms with Gasteiger partial charge in [-0.05, 0) is 24.3 Å². The second kappa shape index (κ2) is 4.51. The highest BCUT2D eigenvalue weighted by Gasteiger charge is 2.27. The highest BCUT2D eigenvalue weighted by Crippen LogP contribution is 2.25. The summed E-state index contributed by atoms with van der Waals surface area (Å²) in [7, 11) is 0. The molecule has 0 bridgehead atoms. The van der Waals surface area contributed by atoms with Crippen LogP contribution in [0.2, 0.25) is 0 Å². The van der Waals surface area contributed by atoms with Crippen LogP contribution in [0, 0.1) is 0 Å². The Hall–Kier alpha value is -1.94. The van der Waals surface area contributed by atoms with Crippen LogP contribution >= 0.6 is 0 Å². The normalized spacial score (nSPS) is 15.3. The molecule has 0 aromatic carbocycles. The van der Waals surface area contributed by atoms with Crippen LogP contribution in [0.5, 0.6) is 0 Å². The van der Waals surface area contributed by atoms with Gasteiger partial charge in [-0.1, -0.05) is 12.1 Å². The molecule has 3 rings (SSSR count). The second-order valence-electron chi connectivity index (χ2n) is 4.06. The van der Waals surface area contributed by atoms with Gasteiger partial charge in [-0.3, -0.25) is 0 Å². The molecule has 0 radical (unpaired) electrons. The molecular weight excluding hydrogens is 212 g/mol. The zero-order valence-corrected chi connectivity index (χ0v) is 9.45. The summed E-state index contributed by atoms with van der Waals surface area (Å²) in [5.74, 6) is 1.91. The van der Waals surface area contributed by atoms with Crippen molar-refractivity contribution in [2.75, 3.05) is 18.0 Å². The molecule has 1 saturated heterocycles. The SMILES string of the molecule is c1ccc(N(c2ccccn2)C2CNC2)nc1. The summed E-state index contributed by atoms with van der Waals surface area (Å²) in [6.45, 7) is 1.96. The van der Waals surface area contributed by atoms with E-state index in [2.05, 4.69) is 20.2 Å². The van der Waals surface area contributed by atoms with Gasteiger partial charge in [0, 0.05) is 25.5 Å². The van der Waals surface area contributed by atoms with Gasteiger partial charge in [0.1, 0.15) is 11.6 Å². The Kier molecular flexibility index (Phi) is 2.71. The van der Waals surface area contributed by atoms with E-state index in [0.717, 1.165) is 24.7 Å². The highest BCUT2D eigenvalue weighted by molar-refractivity contribution is 5.57. The lowest BCUT2D eigenvalue weighted by molar-refractivity contribution is 0.435. The summed E-state index contributed by atoms with van der Waals surface area (Å²) < 4.78 is 0. The molecule has 0 atom stereocenters. The summed E-state index contributed by atoms with van der Waals surface area (Å²) in [6, 6.07) is 12.4. The van der Waals surface area contributed by atoms with Crippen molar-refractivity contribution in [1.82, 2.24) is 15.3 Å². The fourth-order valence-corrected chi connectivity index (χ4v) is 1.94. The Bertz CT molecular complexity index is 428. The molecule has 4 nitrogen and oxygen atoms in total. The molecule has 1 N–H and O–H groups in total. The maximum atomic E-state index is 4.42. The number of hydrogen-bond donors (Lipinski definition) is 1. The molecule has 2 aromatic heterocycles. The molecular formula is C13H14N4. The molecule has 0 saturated carbocycles. The molecule has 0 amide bonds. The first-order valence-corrected chi connectivity index (χ1v) is 5.77. The van der Waals surface area contributed by atoms with Crippen molar-refractivity contribution in [3.05, 3.63) is 48.8 Å². The number of rotatable bonds is 3. The summed E-state index contributed by atoms with van der Waals surface area (Å²) in [6.07, 6.45) is 3.63. The first kappa shape index (κ1) is 10.2. The van der Waals surface area contributed by atoms with Crippen molar-refractivity contribution in [3.63, 3.8) is 0 Å². The third-order valence-corrected chi connectivity index (χ3v) is 2.92. The molecule has 0 spiro atoms. The standard InChI is InChI=1S/C13H14N4/c1-3-7-15-12(5-1)17(11-9-14-10-11)13-6-2-4-8-16-13/h1-8,11,14H,9-10H2. The Balaban J connectivity index is 1.98. The predicted molar refractivity (Wildman–Crippen MR) is 67.3 cm³/mol. The quantitative estimate of drug-likeness (QED) is 0.862. The summed E-state index contributed by atoms with van der Waals surface area (Å²) in [5.41, 5.74) is 0. The van der Waals surface area contributed by atoms with Gasteiger partial charge in [-0.2, -0.15) is 0 Å². The fourth-order valence-electron chi connectivity index (χ4n) is 1.94. The highest BCUT2D eigenvalue weighted by atomic mass is 15.3. The van der Waals surface area contributed by atoms with Crippen LogP contribution in [0.1, 0.15) is 0 Å². The molecule has 4 heteroatoms. The minimum atomic E-state index is 0.444. The van der Waals surface area contributed by atoms with Crippen molar-refractivity contribution in [2.45, 2.75) is 6.04 Å². The van der Waals surface area contributed by atoms with Crippen molar-refractivity contribution >= 4 is 11.6 Å². The van der Waals surface area contributed by atoms with Gasteiger partial charge in [0.2, 0.25) is 0 Å². The molecule has 0 unspecified atom stereocenters. The lowest BCUT2D eigenvalue weighted by Gasteiger charge is -2.38. The maximum Gasteiger partial charge on any atom is 0.134 e. The third-order valence-electron chi connectivity index (χ3n) is 2.92. The summed E-state index contributed by atoms with van der Waals surface area (Å²) >= 11 is 0. The van der Waals surface area contributed by atoms with E-state index in [1.807, 2.05) is 48.8 Å². The van der Waals surface area contributed by atoms with Gasteiger partial charge in [0.25, 0.3) is 0 Å². The van der Waals surface area contributed by atoms with Gasteiger partial charge in [0.15, 0.2) is 0 Å². The van der Waals surface area contributed by atoms with E-state index >= 15 is 0 Å². The van der Waals surface area contributed by atoms with Crippen molar-refractivity contribution < 1.29 is 0 Å². The maximum absolute atomic E-state index is 4.42. The van der Waals surface area contributed by atoms with Gasteiger partial charge >= 0.3 is 0 Å². The zero-order valence-electron chi connectivity index (χ0n) is 9.45. The predicted octanol–water partition coefficient (Wildman–Crippen LogP) is 1.59. The second-order valence-corrected chi connectivity index (χ2v) is 4.06. The number of hydrogen-bond acceptors (Lipinski definition) is 4. The lowest BCUT2D eigenvalue weighted by Crippen LogP contribution is -2.56. The van der Waals surface area contributed by atoms with E-state index < -0.39 is 0 Å². The number of nitrogens with one attached hydrogen (secondary N) is 1. The first-order valence-electron chi connectivity index (χ1n) is 5.77. The molecule has 0 aliphatic carbocycles. The average Bonchev–Trinajstić information content (AvgIpc) is 2.36. The lowest BCUT2D eigenvalue weighted by atomic mass is 10.1. The van der Waals surface area contributed by atoms with E-state index in [1.54, 1.807) is 0 Å². The van der Waals surface area contributed by atoms with E-state index in [-0.39, 0.29) is 0 Å². The minimum Gasteiger partial charge on any atom is -0.313 e. The molecule has 2 aromatic rings. The van der Waals surface area contributed by atoms with Gasteiger partial charge < -0.3 is 10.2 Å². The number of aromatic nitrogens is 2.